The highest BCUT2D eigenvalue weighted by molar-refractivity contribution is 5.98. The molecule has 1 aromatic carbocycles. The molecule has 1 aromatic heterocycles. The maximum atomic E-state index is 13.9. The van der Waals surface area contributed by atoms with E-state index in [4.69, 9.17) is 28.0 Å². The Morgan fingerprint density at radius 1 is 0.565 bits per heavy atom. The molecule has 0 saturated heterocycles. The van der Waals surface area contributed by atoms with Crippen LogP contribution in [0.2, 0.25) is 0 Å². The molecular formula is C45H74N12O12. The summed E-state index contributed by atoms with van der Waals surface area (Å²) < 4.78 is 0. The van der Waals surface area contributed by atoms with Gasteiger partial charge in [-0.25, -0.2) is 4.79 Å². The number of aromatic nitrogens is 1. The highest BCUT2D eigenvalue weighted by atomic mass is 16.4. The van der Waals surface area contributed by atoms with E-state index in [1.165, 1.54) is 13.8 Å². The summed E-state index contributed by atoms with van der Waals surface area (Å²) in [5.41, 5.74) is 24.1. The van der Waals surface area contributed by atoms with Crippen molar-refractivity contribution in [2.24, 2.45) is 28.9 Å². The van der Waals surface area contributed by atoms with Crippen molar-refractivity contribution in [3.05, 3.63) is 36.0 Å². The van der Waals surface area contributed by atoms with E-state index in [0.717, 1.165) is 10.9 Å². The Bertz CT molecular complexity index is 2030. The predicted molar refractivity (Wildman–Crippen MR) is 254 cm³/mol. The van der Waals surface area contributed by atoms with Crippen LogP contribution in [-0.4, -0.2) is 148 Å². The lowest BCUT2D eigenvalue weighted by Gasteiger charge is -2.28. The minimum absolute atomic E-state index is 0.0169. The van der Waals surface area contributed by atoms with Gasteiger partial charge in [0.05, 0.1) is 18.6 Å². The molecule has 386 valence electrons. The summed E-state index contributed by atoms with van der Waals surface area (Å²) in [5, 5.41) is 47.9. The van der Waals surface area contributed by atoms with Crippen molar-refractivity contribution in [3.8, 4) is 0 Å². The van der Waals surface area contributed by atoms with Crippen LogP contribution in [0.1, 0.15) is 97.5 Å². The third-order valence-electron chi connectivity index (χ3n) is 11.2. The number of aliphatic hydroxyl groups is 1. The monoisotopic (exact) mass is 975 g/mol. The van der Waals surface area contributed by atoms with E-state index in [1.807, 2.05) is 24.3 Å². The van der Waals surface area contributed by atoms with Crippen molar-refractivity contribution >= 4 is 64.2 Å². The van der Waals surface area contributed by atoms with E-state index in [2.05, 4.69) is 42.2 Å². The number of para-hydroxylation sites is 1. The number of nitrogens with two attached hydrogens (primary N) is 4. The second-order valence-electron chi connectivity index (χ2n) is 17.4. The molecule has 0 bridgehead atoms. The van der Waals surface area contributed by atoms with Crippen molar-refractivity contribution in [2.45, 2.75) is 153 Å². The molecule has 0 radical (unpaired) electrons. The number of aromatic amines is 1. The average Bonchev–Trinajstić information content (AvgIpc) is 3.70. The van der Waals surface area contributed by atoms with Gasteiger partial charge in [-0.15, -0.1) is 0 Å². The first-order chi connectivity index (χ1) is 32.6. The van der Waals surface area contributed by atoms with E-state index in [9.17, 15) is 53.4 Å². The van der Waals surface area contributed by atoms with Crippen LogP contribution in [0.25, 0.3) is 10.9 Å². The molecule has 0 aliphatic carbocycles. The largest absolute Gasteiger partial charge is 0.481 e. The van der Waals surface area contributed by atoms with Gasteiger partial charge in [-0.05, 0) is 109 Å². The van der Waals surface area contributed by atoms with Crippen LogP contribution < -0.4 is 60.2 Å². The van der Waals surface area contributed by atoms with Crippen molar-refractivity contribution in [1.29, 1.82) is 0 Å². The van der Waals surface area contributed by atoms with E-state index in [0.29, 0.717) is 50.6 Å². The maximum Gasteiger partial charge on any atom is 0.326 e. The number of carboxylic acid groups (broad SMARTS) is 2. The quantitative estimate of drug-likeness (QED) is 0.0327. The molecule has 1 heterocycles. The minimum Gasteiger partial charge on any atom is -0.481 e. The predicted octanol–water partition coefficient (Wildman–Crippen LogP) is -2.57. The van der Waals surface area contributed by atoms with E-state index >= 15 is 0 Å². The number of hydrogen-bond donors (Lipinski definition) is 15. The lowest BCUT2D eigenvalue weighted by atomic mass is 10.0. The zero-order valence-electron chi connectivity index (χ0n) is 39.9. The van der Waals surface area contributed by atoms with Crippen molar-refractivity contribution in [3.63, 3.8) is 0 Å². The zero-order chi connectivity index (χ0) is 51.8. The summed E-state index contributed by atoms with van der Waals surface area (Å²) in [6.07, 6.45) is 2.05. The van der Waals surface area contributed by atoms with Gasteiger partial charge in [-0.1, -0.05) is 32.0 Å². The Labute approximate surface area is 401 Å². The second-order valence-corrected chi connectivity index (χ2v) is 17.4. The third-order valence-corrected chi connectivity index (χ3v) is 11.2. The first-order valence-corrected chi connectivity index (χ1v) is 23.3. The molecule has 0 aliphatic rings. The zero-order valence-corrected chi connectivity index (χ0v) is 39.9. The molecule has 24 nitrogen and oxygen atoms in total. The SMILES string of the molecule is CC(C)[C@H](NC(=O)[C@H](C)NC(=O)[C@H](CCCCN)NC(=O)[C@H](CCCCN)NC(=O)[C@@H](NC(=O)[C@@H](N)CC(=O)O)[C@@H](C)O)C(=O)N[C@@H](CCCCN)C(=O)N[C@@H](Cc1c[nH]c2ccccc12)C(=O)O. The van der Waals surface area contributed by atoms with Crippen LogP contribution in [0.5, 0.6) is 0 Å². The lowest BCUT2D eigenvalue weighted by molar-refractivity contribution is -0.142. The number of unbranched alkanes of at least 4 members (excludes halogenated alkanes) is 3. The molecule has 0 unspecified atom stereocenters. The summed E-state index contributed by atoms with van der Waals surface area (Å²) in [5.74, 6) is -9.14. The van der Waals surface area contributed by atoms with Gasteiger partial charge in [0.15, 0.2) is 0 Å². The molecule has 0 saturated carbocycles. The van der Waals surface area contributed by atoms with Gasteiger partial charge in [0.1, 0.15) is 42.3 Å². The number of H-pyrrole nitrogens is 1. The smallest absolute Gasteiger partial charge is 0.326 e. The Balaban J connectivity index is 2.24. The number of benzene rings is 1. The van der Waals surface area contributed by atoms with Crippen LogP contribution in [-0.2, 0) is 49.6 Å². The molecule has 19 N–H and O–H groups in total. The van der Waals surface area contributed by atoms with Gasteiger partial charge in [0.25, 0.3) is 0 Å². The third kappa shape index (κ3) is 20.1. The molecule has 7 amide bonds. The van der Waals surface area contributed by atoms with Gasteiger partial charge in [0, 0.05) is 23.5 Å². The number of fused-ring (bicyclic) bond motifs is 1. The van der Waals surface area contributed by atoms with E-state index in [1.54, 1.807) is 20.0 Å². The Morgan fingerprint density at radius 3 is 1.48 bits per heavy atom. The van der Waals surface area contributed by atoms with Gasteiger partial charge in [-0.2, -0.15) is 0 Å². The number of aliphatic carboxylic acids is 2. The normalized spacial score (nSPS) is 15.2. The van der Waals surface area contributed by atoms with Crippen molar-refractivity contribution in [2.75, 3.05) is 19.6 Å². The maximum absolute atomic E-state index is 13.9. The summed E-state index contributed by atoms with van der Waals surface area (Å²) in [6, 6.07) is -3.55. The summed E-state index contributed by atoms with van der Waals surface area (Å²) in [4.78, 5) is 121. The topological polar surface area (TPSA) is 418 Å². The number of carbonyl (C=O) groups is 9. The summed E-state index contributed by atoms with van der Waals surface area (Å²) in [6.45, 7) is 6.67. The fraction of sp³-hybridized carbons (Fsp3) is 0.622. The van der Waals surface area contributed by atoms with Crippen LogP contribution in [0.4, 0.5) is 0 Å². The van der Waals surface area contributed by atoms with Gasteiger partial charge in [-0.3, -0.25) is 38.4 Å². The van der Waals surface area contributed by atoms with Crippen LogP contribution >= 0.6 is 0 Å². The average molecular weight is 975 g/mol. The van der Waals surface area contributed by atoms with Crippen LogP contribution in [0.15, 0.2) is 30.5 Å². The number of hydrogen-bond acceptors (Lipinski definition) is 14. The first kappa shape index (κ1) is 58.9. The second kappa shape index (κ2) is 30.3. The number of carboxylic acids is 2. The Morgan fingerprint density at radius 2 is 1.01 bits per heavy atom. The Kier molecular flexibility index (Phi) is 25.9. The first-order valence-electron chi connectivity index (χ1n) is 23.3. The van der Waals surface area contributed by atoms with Crippen molar-refractivity contribution < 1.29 is 58.5 Å². The molecular weight excluding hydrogens is 901 g/mol. The lowest BCUT2D eigenvalue weighted by Crippen LogP contribution is -2.61. The molecule has 24 heteroatoms. The molecule has 9 atom stereocenters. The number of rotatable bonds is 33. The van der Waals surface area contributed by atoms with E-state index < -0.39 is 120 Å². The molecule has 0 aliphatic heterocycles. The fourth-order valence-corrected chi connectivity index (χ4v) is 7.21. The fourth-order valence-electron chi connectivity index (χ4n) is 7.21. The minimum atomic E-state index is -1.65. The number of aliphatic hydroxyl groups excluding tert-OH is 1. The van der Waals surface area contributed by atoms with E-state index in [-0.39, 0.29) is 38.8 Å². The standard InChI is InChI=1S/C45H74N12O12/c1-24(2)36(43(66)53-33(17-9-12-20-48)42(65)55-34(45(68)69)21-27-23-50-30-14-6-5-13-28(27)30)56-38(61)25(3)51-40(63)31(15-7-10-18-46)52-41(64)32(16-8-11-19-47)54-44(67)37(26(4)58)57-39(62)29(49)22-35(59)60/h5-6,13-14,23-26,29,31-34,36-37,50,58H,7-12,15-22,46-49H2,1-4H3,(H,51,63)(H,52,64)(H,53,66)(H,54,67)(H,55,65)(H,56,61)(H,57,62)(H,59,60)(H,68,69)/t25-,26+,29-,31-,32-,33-,34-,36-,37-/m0/s1. The highest BCUT2D eigenvalue weighted by Crippen LogP contribution is 2.19. The summed E-state index contributed by atoms with van der Waals surface area (Å²) in [7, 11) is 0. The van der Waals surface area contributed by atoms with Crippen LogP contribution in [0, 0.1) is 5.92 Å². The molecule has 0 spiro atoms. The van der Waals surface area contributed by atoms with Gasteiger partial charge in [0.2, 0.25) is 41.4 Å². The molecule has 2 rings (SSSR count). The molecule has 2 aromatic rings. The number of carbonyl (C=O) groups excluding carboxylic acids is 7. The molecule has 0 fully saturated rings. The Hall–Kier alpha value is -6.21. The van der Waals surface area contributed by atoms with Crippen LogP contribution in [0.3, 0.4) is 0 Å². The van der Waals surface area contributed by atoms with Gasteiger partial charge >= 0.3 is 11.9 Å². The number of amides is 7. The summed E-state index contributed by atoms with van der Waals surface area (Å²) >= 11 is 0. The number of nitrogens with one attached hydrogen (secondary N) is 8. The van der Waals surface area contributed by atoms with Crippen molar-refractivity contribution in [1.82, 2.24) is 42.2 Å². The van der Waals surface area contributed by atoms with Gasteiger partial charge < -0.3 is 80.5 Å². The highest BCUT2D eigenvalue weighted by Gasteiger charge is 2.35. The molecule has 69 heavy (non-hydrogen) atoms.